The zero-order valence-corrected chi connectivity index (χ0v) is 15.8. The van der Waals surface area contributed by atoms with Gasteiger partial charge in [-0.3, -0.25) is 4.79 Å². The Balaban J connectivity index is 1.75. The second kappa shape index (κ2) is 8.21. The molecule has 27 heavy (non-hydrogen) atoms. The van der Waals surface area contributed by atoms with Gasteiger partial charge in [0.2, 0.25) is 10.0 Å². The maximum Gasteiger partial charge on any atom is 0.255 e. The Morgan fingerprint density at radius 3 is 2.63 bits per heavy atom. The third kappa shape index (κ3) is 4.64. The van der Waals surface area contributed by atoms with Crippen LogP contribution in [0.5, 0.6) is 0 Å². The highest BCUT2D eigenvalue weighted by molar-refractivity contribution is 7.89. The Morgan fingerprint density at radius 2 is 1.96 bits per heavy atom. The van der Waals surface area contributed by atoms with Crippen molar-refractivity contribution in [3.8, 4) is 11.3 Å². The molecule has 0 radical (unpaired) electrons. The monoisotopic (exact) mass is 400 g/mol. The first-order chi connectivity index (χ1) is 13.0. The van der Waals surface area contributed by atoms with E-state index in [4.69, 9.17) is 0 Å². The fraction of sp³-hybridized carbons (Fsp3) is 0.0556. The number of hydrogen-bond donors (Lipinski definition) is 2. The van der Waals surface area contributed by atoms with Crippen LogP contribution in [0.1, 0.15) is 10.4 Å². The predicted molar refractivity (Wildman–Crippen MR) is 105 cm³/mol. The summed E-state index contributed by atoms with van der Waals surface area (Å²) in [4.78, 5) is 12.5. The van der Waals surface area contributed by atoms with Crippen LogP contribution in [0.15, 0.2) is 71.5 Å². The maximum absolute atomic E-state index is 12.5. The molecular formula is C18H16N4O3S2. The molecule has 2 N–H and O–H groups in total. The van der Waals surface area contributed by atoms with E-state index in [2.05, 4.69) is 26.2 Å². The molecular weight excluding hydrogens is 384 g/mol. The molecule has 0 spiro atoms. The highest BCUT2D eigenvalue weighted by Gasteiger charge is 2.15. The van der Waals surface area contributed by atoms with Gasteiger partial charge in [-0.25, -0.2) is 13.1 Å². The largest absolute Gasteiger partial charge is 0.322 e. The van der Waals surface area contributed by atoms with Crippen LogP contribution in [0.2, 0.25) is 0 Å². The second-order valence-electron chi connectivity index (χ2n) is 5.49. The van der Waals surface area contributed by atoms with Crippen LogP contribution >= 0.6 is 11.5 Å². The number of aromatic nitrogens is 2. The molecule has 2 aromatic carbocycles. The van der Waals surface area contributed by atoms with Crippen molar-refractivity contribution < 1.29 is 13.2 Å². The van der Waals surface area contributed by atoms with Gasteiger partial charge in [-0.05, 0) is 41.9 Å². The summed E-state index contributed by atoms with van der Waals surface area (Å²) in [5.41, 5.74) is 2.49. The molecule has 0 fully saturated rings. The fourth-order valence-corrected chi connectivity index (χ4v) is 3.78. The van der Waals surface area contributed by atoms with Crippen molar-refractivity contribution in [2.24, 2.45) is 0 Å². The number of nitrogens with one attached hydrogen (secondary N) is 2. The number of sulfonamides is 1. The van der Waals surface area contributed by atoms with Gasteiger partial charge in [0.25, 0.3) is 5.91 Å². The predicted octanol–water partition coefficient (Wildman–Crippen LogP) is 2.92. The standard InChI is InChI=1S/C18H16N4O3S2/c1-2-10-19-27(24,25)16-5-3-4-14(11-16)18(23)20-15-8-6-13(7-9-15)17-12-26-22-21-17/h2-9,11-12,19H,1,10H2,(H,20,23). The summed E-state index contributed by atoms with van der Waals surface area (Å²) < 4.78 is 30.5. The molecule has 0 bridgehead atoms. The average Bonchev–Trinajstić information content (AvgIpc) is 3.22. The van der Waals surface area contributed by atoms with Crippen LogP contribution in [0.3, 0.4) is 0 Å². The molecule has 0 saturated heterocycles. The van der Waals surface area contributed by atoms with E-state index in [1.54, 1.807) is 18.2 Å². The van der Waals surface area contributed by atoms with E-state index in [1.165, 1.54) is 35.8 Å². The maximum atomic E-state index is 12.5. The van der Waals surface area contributed by atoms with Crippen molar-refractivity contribution in [3.63, 3.8) is 0 Å². The van der Waals surface area contributed by atoms with E-state index < -0.39 is 15.9 Å². The number of rotatable bonds is 7. The average molecular weight is 400 g/mol. The molecule has 0 aliphatic heterocycles. The summed E-state index contributed by atoms with van der Waals surface area (Å²) in [6, 6.07) is 13.0. The van der Waals surface area contributed by atoms with E-state index in [9.17, 15) is 13.2 Å². The first-order valence-electron chi connectivity index (χ1n) is 7.89. The summed E-state index contributed by atoms with van der Waals surface area (Å²) in [6.07, 6.45) is 1.44. The Labute approximate surface area is 161 Å². The quantitative estimate of drug-likeness (QED) is 0.594. The Kier molecular flexibility index (Phi) is 5.75. The van der Waals surface area contributed by atoms with Gasteiger partial charge < -0.3 is 5.32 Å². The summed E-state index contributed by atoms with van der Waals surface area (Å²) in [7, 11) is -3.70. The van der Waals surface area contributed by atoms with Gasteiger partial charge in [0.15, 0.2) is 0 Å². The molecule has 0 unspecified atom stereocenters. The van der Waals surface area contributed by atoms with E-state index in [0.29, 0.717) is 5.69 Å². The van der Waals surface area contributed by atoms with Crippen molar-refractivity contribution >= 4 is 33.2 Å². The number of nitrogens with zero attached hydrogens (tertiary/aromatic N) is 2. The van der Waals surface area contributed by atoms with Crippen molar-refractivity contribution in [2.45, 2.75) is 4.90 Å². The zero-order chi connectivity index (χ0) is 19.3. The van der Waals surface area contributed by atoms with Crippen LogP contribution < -0.4 is 10.0 Å². The molecule has 0 saturated carbocycles. The van der Waals surface area contributed by atoms with Crippen LogP contribution in [-0.4, -0.2) is 30.5 Å². The molecule has 1 amide bonds. The van der Waals surface area contributed by atoms with Gasteiger partial charge in [0.1, 0.15) is 5.69 Å². The van der Waals surface area contributed by atoms with Crippen LogP contribution in [-0.2, 0) is 10.0 Å². The SMILES string of the molecule is C=CCNS(=O)(=O)c1cccc(C(=O)Nc2ccc(-c3csnn3)cc2)c1. The van der Waals surface area contributed by atoms with Gasteiger partial charge >= 0.3 is 0 Å². The van der Waals surface area contributed by atoms with E-state index in [1.807, 2.05) is 17.5 Å². The normalized spacial score (nSPS) is 11.1. The van der Waals surface area contributed by atoms with Gasteiger partial charge in [-0.1, -0.05) is 28.8 Å². The first-order valence-corrected chi connectivity index (χ1v) is 10.2. The molecule has 0 atom stereocenters. The molecule has 3 aromatic rings. The molecule has 0 aliphatic carbocycles. The van der Waals surface area contributed by atoms with Gasteiger partial charge in [0.05, 0.1) is 4.90 Å². The first kappa shape index (κ1) is 18.9. The number of amides is 1. The molecule has 0 aliphatic rings. The third-order valence-corrected chi connectivity index (χ3v) is 5.55. The summed E-state index contributed by atoms with van der Waals surface area (Å²) in [5.74, 6) is -0.404. The van der Waals surface area contributed by atoms with Gasteiger partial charge in [0, 0.05) is 28.7 Å². The number of benzene rings is 2. The minimum atomic E-state index is -3.70. The Bertz CT molecular complexity index is 1050. The molecule has 138 valence electrons. The Hall–Kier alpha value is -2.88. The van der Waals surface area contributed by atoms with Crippen LogP contribution in [0.4, 0.5) is 5.69 Å². The topological polar surface area (TPSA) is 101 Å². The minimum Gasteiger partial charge on any atom is -0.322 e. The molecule has 9 heteroatoms. The van der Waals surface area contributed by atoms with E-state index in [-0.39, 0.29) is 17.0 Å². The number of anilines is 1. The number of hydrogen-bond acceptors (Lipinski definition) is 6. The highest BCUT2D eigenvalue weighted by atomic mass is 32.2. The lowest BCUT2D eigenvalue weighted by Crippen LogP contribution is -2.24. The van der Waals surface area contributed by atoms with Gasteiger partial charge in [-0.15, -0.1) is 11.7 Å². The molecule has 7 nitrogen and oxygen atoms in total. The minimum absolute atomic E-state index is 0.0170. The number of carbonyl (C=O) groups is 1. The number of carbonyl (C=O) groups excluding carboxylic acids is 1. The van der Waals surface area contributed by atoms with Crippen molar-refractivity contribution in [3.05, 3.63) is 72.1 Å². The lowest BCUT2D eigenvalue weighted by atomic mass is 10.1. The smallest absolute Gasteiger partial charge is 0.255 e. The zero-order valence-electron chi connectivity index (χ0n) is 14.1. The lowest BCUT2D eigenvalue weighted by molar-refractivity contribution is 0.102. The molecule has 1 heterocycles. The summed E-state index contributed by atoms with van der Waals surface area (Å²) in [6.45, 7) is 3.59. The van der Waals surface area contributed by atoms with Gasteiger partial charge in [-0.2, -0.15) is 0 Å². The summed E-state index contributed by atoms with van der Waals surface area (Å²) >= 11 is 1.26. The second-order valence-corrected chi connectivity index (χ2v) is 7.87. The molecule has 1 aromatic heterocycles. The van der Waals surface area contributed by atoms with E-state index in [0.717, 1.165) is 11.3 Å². The van der Waals surface area contributed by atoms with Crippen LogP contribution in [0.25, 0.3) is 11.3 Å². The highest BCUT2D eigenvalue weighted by Crippen LogP contribution is 2.21. The molecule has 3 rings (SSSR count). The van der Waals surface area contributed by atoms with Crippen LogP contribution in [0, 0.1) is 0 Å². The van der Waals surface area contributed by atoms with E-state index >= 15 is 0 Å². The fourth-order valence-electron chi connectivity index (χ4n) is 2.27. The third-order valence-electron chi connectivity index (χ3n) is 3.62. The van der Waals surface area contributed by atoms with Crippen molar-refractivity contribution in [1.29, 1.82) is 0 Å². The summed E-state index contributed by atoms with van der Waals surface area (Å²) in [5, 5.41) is 8.57. The van der Waals surface area contributed by atoms with Crippen molar-refractivity contribution in [1.82, 2.24) is 14.3 Å². The van der Waals surface area contributed by atoms with Crippen molar-refractivity contribution in [2.75, 3.05) is 11.9 Å². The lowest BCUT2D eigenvalue weighted by Gasteiger charge is -2.08. The Morgan fingerprint density at radius 1 is 1.19 bits per heavy atom.